The third kappa shape index (κ3) is 21.9. The second kappa shape index (κ2) is 35.2. The third-order valence-electron chi connectivity index (χ3n) is 16.7. The number of nitrogens with one attached hydrogen (secondary N) is 2. The maximum absolute atomic E-state index is 15.1. The van der Waals surface area contributed by atoms with E-state index >= 15 is 9.59 Å². The van der Waals surface area contributed by atoms with Crippen molar-refractivity contribution in [2.45, 2.75) is 224 Å². The minimum atomic E-state index is -1.60. The van der Waals surface area contributed by atoms with Gasteiger partial charge in [0.15, 0.2) is 11.6 Å². The number of likely N-dealkylation sites (N-methyl/N-ethyl adjacent to an activating group) is 7. The van der Waals surface area contributed by atoms with Crippen LogP contribution in [0.1, 0.15) is 169 Å². The van der Waals surface area contributed by atoms with E-state index in [9.17, 15) is 48.3 Å². The summed E-state index contributed by atoms with van der Waals surface area (Å²) < 4.78 is 0. The molecule has 1 aliphatic rings. The van der Waals surface area contributed by atoms with Gasteiger partial charge in [-0.25, -0.2) is 0 Å². The average Bonchev–Trinajstić information content (AvgIpc) is 3.62. The van der Waals surface area contributed by atoms with Crippen LogP contribution in [0.25, 0.3) is 0 Å². The number of rotatable bonds is 15. The lowest BCUT2D eigenvalue weighted by atomic mass is 9.84. The second-order valence-electron chi connectivity index (χ2n) is 26.7. The van der Waals surface area contributed by atoms with E-state index in [1.165, 1.54) is 80.8 Å². The number of aliphatic hydroxyl groups is 1. The van der Waals surface area contributed by atoms with Crippen molar-refractivity contribution in [3.8, 4) is 0 Å². The molecule has 0 unspecified atom stereocenters. The van der Waals surface area contributed by atoms with Crippen molar-refractivity contribution in [2.24, 2.45) is 53.3 Å². The van der Waals surface area contributed by atoms with Gasteiger partial charge in [0, 0.05) is 74.0 Å². The molecule has 1 fully saturated rings. The van der Waals surface area contributed by atoms with Gasteiger partial charge in [0.05, 0.1) is 24.7 Å². The number of carbonyl (C=O) groups excluding carboxylic acids is 11. The molecule has 0 bridgehead atoms. The minimum Gasteiger partial charge on any atom is -0.390 e. The Kier molecular flexibility index (Phi) is 32.0. The Bertz CT molecular complexity index is 2320. The SMILES string of the molecule is C/C=C/C[C@@H](C)[C@@H](O)[C@H]1C(=O)N[C@@H](CC)C(=O)N(C)CC(=O)N(C)[C@@H](CC(C)C)C(=O)C[C@@H](C(C)C)C(=O)N(C)[C@@H](CC(C)C)C(=O)C[C@@H](C)C(=O)N[C@H](C)C(=O)N(C)[C@@H](CC(C)C)C(=O)N(C)[C@@H](CC(C)C)C(=O)N(C)[C@@H](C(C)C)C(=O)N1C. The van der Waals surface area contributed by atoms with Gasteiger partial charge in [-0.3, -0.25) is 52.7 Å². The zero-order valence-electron chi connectivity index (χ0n) is 56.5. The van der Waals surface area contributed by atoms with Crippen LogP contribution in [0.2, 0.25) is 0 Å². The summed E-state index contributed by atoms with van der Waals surface area (Å²) in [7, 11) is 10.1. The van der Waals surface area contributed by atoms with Crippen molar-refractivity contribution >= 4 is 64.7 Å². The van der Waals surface area contributed by atoms with Gasteiger partial charge in [0.1, 0.15) is 36.3 Å². The number of carbonyl (C=O) groups is 11. The molecule has 85 heavy (non-hydrogen) atoms. The van der Waals surface area contributed by atoms with Gasteiger partial charge in [-0.1, -0.05) is 116 Å². The summed E-state index contributed by atoms with van der Waals surface area (Å²) in [6.45, 7) is 29.9. The number of aliphatic hydroxyl groups excluding tert-OH is 1. The summed E-state index contributed by atoms with van der Waals surface area (Å²) in [6, 6.07) is -9.52. The van der Waals surface area contributed by atoms with E-state index in [2.05, 4.69) is 10.6 Å². The first-order chi connectivity index (χ1) is 39.2. The molecule has 0 aromatic rings. The summed E-state index contributed by atoms with van der Waals surface area (Å²) in [6.07, 6.45) is 2.72. The highest BCUT2D eigenvalue weighted by Gasteiger charge is 2.45. The molecule has 9 amide bonds. The average molecular weight is 1200 g/mol. The molecule has 0 aromatic heterocycles. The molecule has 486 valence electrons. The van der Waals surface area contributed by atoms with Gasteiger partial charge in [0.25, 0.3) is 0 Å². The number of allylic oxidation sites excluding steroid dienone is 2. The van der Waals surface area contributed by atoms with Crippen LogP contribution in [-0.4, -0.2) is 214 Å². The molecular formula is C64H113N9O12. The molecule has 1 heterocycles. The smallest absolute Gasteiger partial charge is 0.246 e. The van der Waals surface area contributed by atoms with E-state index in [0.717, 1.165) is 9.80 Å². The molecule has 0 spiro atoms. The largest absolute Gasteiger partial charge is 0.390 e. The molecule has 0 aliphatic carbocycles. The number of amides is 9. The quantitative estimate of drug-likeness (QED) is 0.173. The lowest BCUT2D eigenvalue weighted by Crippen LogP contribution is -2.63. The van der Waals surface area contributed by atoms with Crippen molar-refractivity contribution in [1.29, 1.82) is 0 Å². The summed E-state index contributed by atoms with van der Waals surface area (Å²) >= 11 is 0. The van der Waals surface area contributed by atoms with E-state index in [1.54, 1.807) is 61.5 Å². The van der Waals surface area contributed by atoms with Crippen LogP contribution in [0.5, 0.6) is 0 Å². The molecule has 0 saturated carbocycles. The van der Waals surface area contributed by atoms with Crippen LogP contribution in [0.4, 0.5) is 0 Å². The van der Waals surface area contributed by atoms with Crippen LogP contribution in [0, 0.1) is 53.3 Å². The molecule has 1 rings (SSSR count). The van der Waals surface area contributed by atoms with Crippen molar-refractivity contribution in [3.63, 3.8) is 0 Å². The number of Topliss-reactive ketones (excluding diaryl/α,β-unsaturated/α-hetero) is 2. The standard InChI is InChI=1S/C64H113N9O12/c1-25-27-28-42(15)56(77)55-58(79)66-46(26-2)61(82)67(18)35-53(76)68(19)47(29-36(3)4)52(75)34-45(40(11)12)60(81)69(20)48(30-37(5)6)51(74)33-43(16)57(78)65-44(17)59(80)70(21)49(31-38(7)8)62(83)71(22)50(32-39(9)10)63(84)72(23)54(41(13)14)64(85)73(55)24/h25,27,36-50,54-56,77H,26,28-35H2,1-24H3,(H,65,78)(H,66,79)/b27-25+/t42-,43-,44-,45+,46+,47+,48+,49+,50+,54+,55+,56-/m1/s1. The Morgan fingerprint density at radius 3 is 1.36 bits per heavy atom. The van der Waals surface area contributed by atoms with Gasteiger partial charge in [0.2, 0.25) is 53.2 Å². The van der Waals surface area contributed by atoms with E-state index in [-0.39, 0.29) is 74.5 Å². The Labute approximate surface area is 510 Å². The molecule has 21 heteroatoms. The lowest BCUT2D eigenvalue weighted by Gasteiger charge is -2.41. The van der Waals surface area contributed by atoms with E-state index in [1.807, 2.05) is 61.5 Å². The van der Waals surface area contributed by atoms with Crippen molar-refractivity contribution in [2.75, 3.05) is 55.9 Å². The van der Waals surface area contributed by atoms with Crippen LogP contribution in [-0.2, 0) is 52.7 Å². The monoisotopic (exact) mass is 1200 g/mol. The zero-order valence-corrected chi connectivity index (χ0v) is 56.5. The van der Waals surface area contributed by atoms with Gasteiger partial charge >= 0.3 is 0 Å². The topological polar surface area (TPSA) is 255 Å². The summed E-state index contributed by atoms with van der Waals surface area (Å²) in [5.74, 6) is -10.3. The number of hydrogen-bond acceptors (Lipinski definition) is 12. The predicted octanol–water partition coefficient (Wildman–Crippen LogP) is 5.45. The van der Waals surface area contributed by atoms with Crippen molar-refractivity contribution in [1.82, 2.24) is 44.9 Å². The highest BCUT2D eigenvalue weighted by atomic mass is 16.3. The fraction of sp³-hybridized carbons (Fsp3) is 0.797. The first kappa shape index (κ1) is 77.3. The van der Waals surface area contributed by atoms with Gasteiger partial charge in [-0.05, 0) is 93.8 Å². The third-order valence-corrected chi connectivity index (χ3v) is 16.7. The Morgan fingerprint density at radius 1 is 0.494 bits per heavy atom. The maximum atomic E-state index is 15.1. The summed E-state index contributed by atoms with van der Waals surface area (Å²) in [5, 5.41) is 17.6. The highest BCUT2D eigenvalue weighted by molar-refractivity contribution is 5.99. The maximum Gasteiger partial charge on any atom is 0.246 e. The van der Waals surface area contributed by atoms with Gasteiger partial charge in [-0.2, -0.15) is 0 Å². The van der Waals surface area contributed by atoms with E-state index < -0.39 is 149 Å². The number of ketones is 2. The number of hydrogen-bond donors (Lipinski definition) is 3. The number of nitrogens with zero attached hydrogens (tertiary/aromatic N) is 7. The molecule has 0 aromatic carbocycles. The minimum absolute atomic E-state index is 0.0368. The Morgan fingerprint density at radius 2 is 0.918 bits per heavy atom. The summed E-state index contributed by atoms with van der Waals surface area (Å²) in [4.78, 5) is 169. The van der Waals surface area contributed by atoms with E-state index in [4.69, 9.17) is 0 Å². The van der Waals surface area contributed by atoms with Crippen LogP contribution < -0.4 is 10.6 Å². The molecule has 21 nitrogen and oxygen atoms in total. The molecule has 0 radical (unpaired) electrons. The van der Waals surface area contributed by atoms with E-state index in [0.29, 0.717) is 6.42 Å². The van der Waals surface area contributed by atoms with Crippen molar-refractivity contribution < 1.29 is 57.8 Å². The first-order valence-corrected chi connectivity index (χ1v) is 31.0. The van der Waals surface area contributed by atoms with Gasteiger partial charge < -0.3 is 50.0 Å². The van der Waals surface area contributed by atoms with Crippen LogP contribution >= 0.6 is 0 Å². The molecule has 3 N–H and O–H groups in total. The Balaban J connectivity index is 4.32. The zero-order chi connectivity index (χ0) is 66.0. The summed E-state index contributed by atoms with van der Waals surface area (Å²) in [5.41, 5.74) is 0. The molecule has 1 aliphatic heterocycles. The fourth-order valence-corrected chi connectivity index (χ4v) is 11.2. The lowest BCUT2D eigenvalue weighted by molar-refractivity contribution is -0.157. The van der Waals surface area contributed by atoms with Crippen molar-refractivity contribution in [3.05, 3.63) is 12.2 Å². The van der Waals surface area contributed by atoms with Crippen LogP contribution in [0.15, 0.2) is 12.2 Å². The predicted molar refractivity (Wildman–Crippen MR) is 331 cm³/mol. The normalized spacial score (nSPS) is 27.1. The second-order valence-corrected chi connectivity index (χ2v) is 26.7. The molecular weight excluding hydrogens is 1090 g/mol. The van der Waals surface area contributed by atoms with Crippen LogP contribution in [0.3, 0.4) is 0 Å². The Hall–Kier alpha value is -5.73. The van der Waals surface area contributed by atoms with Gasteiger partial charge in [-0.15, -0.1) is 0 Å². The molecule has 12 atom stereocenters. The molecule has 1 saturated heterocycles. The highest BCUT2D eigenvalue weighted by Crippen LogP contribution is 2.28. The fourth-order valence-electron chi connectivity index (χ4n) is 11.2. The first-order valence-electron chi connectivity index (χ1n) is 31.0.